The number of nitrogens with one attached hydrogen (secondary N) is 1. The van der Waals surface area contributed by atoms with Gasteiger partial charge in [0, 0.05) is 31.0 Å². The lowest BCUT2D eigenvalue weighted by Gasteiger charge is -2.33. The van der Waals surface area contributed by atoms with Crippen LogP contribution >= 0.6 is 11.3 Å². The zero-order chi connectivity index (χ0) is 20.7. The van der Waals surface area contributed by atoms with E-state index < -0.39 is 10.0 Å². The van der Waals surface area contributed by atoms with Crippen LogP contribution in [0.5, 0.6) is 0 Å². The van der Waals surface area contributed by atoms with E-state index in [0.29, 0.717) is 16.3 Å². The third-order valence-electron chi connectivity index (χ3n) is 6.13. The lowest BCUT2D eigenvalue weighted by atomic mass is 10.1. The van der Waals surface area contributed by atoms with Crippen LogP contribution in [0.3, 0.4) is 0 Å². The number of benzene rings is 1. The summed E-state index contributed by atoms with van der Waals surface area (Å²) in [7, 11) is -3.46. The van der Waals surface area contributed by atoms with Crippen molar-refractivity contribution in [2.75, 3.05) is 0 Å². The molecule has 0 spiro atoms. The molecule has 2 aromatic heterocycles. The molecule has 30 heavy (non-hydrogen) atoms. The highest BCUT2D eigenvalue weighted by molar-refractivity contribution is 7.89. The van der Waals surface area contributed by atoms with E-state index in [1.54, 1.807) is 41.0 Å². The second-order valence-electron chi connectivity index (χ2n) is 8.00. The SMILES string of the molecule is O=C(NCc1ccc(S(=O)(=O)N2C3CCCC2CC3)cc1)c1cc2ccncc2s1. The molecule has 4 heterocycles. The van der Waals surface area contributed by atoms with Gasteiger partial charge in [0.2, 0.25) is 10.0 Å². The number of fused-ring (bicyclic) bond motifs is 3. The Morgan fingerprint density at radius 1 is 1.10 bits per heavy atom. The van der Waals surface area contributed by atoms with Crippen molar-refractivity contribution in [3.8, 4) is 0 Å². The fourth-order valence-electron chi connectivity index (χ4n) is 4.63. The Labute approximate surface area is 180 Å². The van der Waals surface area contributed by atoms with Crippen LogP contribution in [-0.4, -0.2) is 35.7 Å². The smallest absolute Gasteiger partial charge is 0.261 e. The van der Waals surface area contributed by atoms with Crippen molar-refractivity contribution >= 4 is 37.4 Å². The summed E-state index contributed by atoms with van der Waals surface area (Å²) in [5.74, 6) is -0.141. The van der Waals surface area contributed by atoms with E-state index in [1.165, 1.54) is 11.3 Å². The van der Waals surface area contributed by atoms with Crippen molar-refractivity contribution in [3.63, 3.8) is 0 Å². The fourth-order valence-corrected chi connectivity index (χ4v) is 7.51. The number of hydrogen-bond acceptors (Lipinski definition) is 5. The Bertz CT molecular complexity index is 1140. The second-order valence-corrected chi connectivity index (χ2v) is 10.9. The van der Waals surface area contributed by atoms with E-state index in [0.717, 1.165) is 47.8 Å². The van der Waals surface area contributed by atoms with Crippen LogP contribution in [0, 0.1) is 0 Å². The molecule has 1 aromatic carbocycles. The van der Waals surface area contributed by atoms with Crippen LogP contribution in [0.1, 0.15) is 47.3 Å². The summed E-state index contributed by atoms with van der Waals surface area (Å²) >= 11 is 1.41. The quantitative estimate of drug-likeness (QED) is 0.651. The third kappa shape index (κ3) is 3.53. The van der Waals surface area contributed by atoms with E-state index in [4.69, 9.17) is 0 Å². The molecular weight excluding hydrogens is 418 g/mol. The summed E-state index contributed by atoms with van der Waals surface area (Å²) in [6.45, 7) is 0.348. The lowest BCUT2D eigenvalue weighted by Crippen LogP contribution is -2.43. The molecule has 2 atom stereocenters. The number of nitrogens with zero attached hydrogens (tertiary/aromatic N) is 2. The van der Waals surface area contributed by atoms with Crippen LogP contribution in [0.25, 0.3) is 10.1 Å². The maximum atomic E-state index is 13.1. The number of rotatable bonds is 5. The van der Waals surface area contributed by atoms with Crippen LogP contribution in [0.2, 0.25) is 0 Å². The van der Waals surface area contributed by atoms with Gasteiger partial charge in [0.05, 0.1) is 14.5 Å². The molecule has 0 saturated carbocycles. The number of thiophene rings is 1. The molecule has 2 aliphatic heterocycles. The highest BCUT2D eigenvalue weighted by atomic mass is 32.2. The number of aromatic nitrogens is 1. The predicted molar refractivity (Wildman–Crippen MR) is 117 cm³/mol. The first kappa shape index (κ1) is 19.7. The van der Waals surface area contributed by atoms with Gasteiger partial charge in [-0.05, 0) is 60.9 Å². The topological polar surface area (TPSA) is 79.4 Å². The maximum Gasteiger partial charge on any atom is 0.261 e. The van der Waals surface area contributed by atoms with Gasteiger partial charge >= 0.3 is 0 Å². The van der Waals surface area contributed by atoms with Crippen molar-refractivity contribution < 1.29 is 13.2 Å². The summed E-state index contributed by atoms with van der Waals surface area (Å²) < 4.78 is 29.0. The molecule has 156 valence electrons. The minimum atomic E-state index is -3.46. The highest BCUT2D eigenvalue weighted by Gasteiger charge is 2.44. The number of pyridine rings is 1. The Morgan fingerprint density at radius 3 is 2.53 bits per heavy atom. The average Bonchev–Trinajstić information content (AvgIpc) is 3.31. The predicted octanol–water partition coefficient (Wildman–Crippen LogP) is 3.93. The van der Waals surface area contributed by atoms with Gasteiger partial charge in [-0.15, -0.1) is 11.3 Å². The monoisotopic (exact) mass is 441 g/mol. The summed E-state index contributed by atoms with van der Waals surface area (Å²) in [5, 5.41) is 3.91. The Morgan fingerprint density at radius 2 is 1.83 bits per heavy atom. The molecule has 8 heteroatoms. The molecule has 2 unspecified atom stereocenters. The first-order valence-electron chi connectivity index (χ1n) is 10.3. The molecule has 5 rings (SSSR count). The first-order valence-corrected chi connectivity index (χ1v) is 12.5. The lowest BCUT2D eigenvalue weighted by molar-refractivity contribution is 0.0955. The van der Waals surface area contributed by atoms with Crippen LogP contribution < -0.4 is 5.32 Å². The molecule has 2 saturated heterocycles. The number of amides is 1. The van der Waals surface area contributed by atoms with Crippen LogP contribution in [-0.2, 0) is 16.6 Å². The minimum Gasteiger partial charge on any atom is -0.347 e. The maximum absolute atomic E-state index is 13.1. The summed E-state index contributed by atoms with van der Waals surface area (Å²) in [5.41, 5.74) is 0.867. The van der Waals surface area contributed by atoms with Crippen molar-refractivity contribution in [1.82, 2.24) is 14.6 Å². The largest absolute Gasteiger partial charge is 0.347 e. The highest BCUT2D eigenvalue weighted by Crippen LogP contribution is 2.39. The van der Waals surface area contributed by atoms with E-state index in [-0.39, 0.29) is 18.0 Å². The Kier molecular flexibility index (Phi) is 5.08. The molecular formula is C22H23N3O3S2. The molecule has 6 nitrogen and oxygen atoms in total. The molecule has 2 fully saturated rings. The third-order valence-corrected chi connectivity index (χ3v) is 9.23. The molecule has 1 amide bonds. The van der Waals surface area contributed by atoms with Gasteiger partial charge in [0.1, 0.15) is 0 Å². The van der Waals surface area contributed by atoms with E-state index >= 15 is 0 Å². The number of carbonyl (C=O) groups excluding carboxylic acids is 1. The van der Waals surface area contributed by atoms with Gasteiger partial charge in [-0.3, -0.25) is 9.78 Å². The summed E-state index contributed by atoms with van der Waals surface area (Å²) in [6.07, 6.45) is 8.47. The zero-order valence-electron chi connectivity index (χ0n) is 16.5. The van der Waals surface area contributed by atoms with Gasteiger partial charge in [-0.25, -0.2) is 8.42 Å². The Hall–Kier alpha value is -2.29. The van der Waals surface area contributed by atoms with Crippen molar-refractivity contribution in [3.05, 3.63) is 59.2 Å². The molecule has 2 aliphatic rings. The molecule has 0 aliphatic carbocycles. The number of hydrogen-bond donors (Lipinski definition) is 1. The fraction of sp³-hybridized carbons (Fsp3) is 0.364. The van der Waals surface area contributed by atoms with Crippen LogP contribution in [0.4, 0.5) is 0 Å². The first-order chi connectivity index (χ1) is 14.5. The number of piperidine rings is 1. The summed E-state index contributed by atoms with van der Waals surface area (Å²) in [6, 6.07) is 11.0. The van der Waals surface area contributed by atoms with Gasteiger partial charge in [0.15, 0.2) is 0 Å². The molecule has 3 aromatic rings. The zero-order valence-corrected chi connectivity index (χ0v) is 18.1. The van der Waals surface area contributed by atoms with Gasteiger partial charge in [-0.2, -0.15) is 4.31 Å². The van der Waals surface area contributed by atoms with Gasteiger partial charge in [0.25, 0.3) is 5.91 Å². The molecule has 1 N–H and O–H groups in total. The van der Waals surface area contributed by atoms with Crippen molar-refractivity contribution in [2.45, 2.75) is 55.6 Å². The second kappa shape index (κ2) is 7.76. The van der Waals surface area contributed by atoms with Crippen LogP contribution in [0.15, 0.2) is 53.7 Å². The van der Waals surface area contributed by atoms with Crippen molar-refractivity contribution in [2.24, 2.45) is 0 Å². The normalized spacial score (nSPS) is 21.7. The number of sulfonamides is 1. The molecule has 0 radical (unpaired) electrons. The van der Waals surface area contributed by atoms with Crippen molar-refractivity contribution in [1.29, 1.82) is 0 Å². The Balaban J connectivity index is 1.26. The van der Waals surface area contributed by atoms with Gasteiger partial charge < -0.3 is 5.32 Å². The van der Waals surface area contributed by atoms with E-state index in [9.17, 15) is 13.2 Å². The number of carbonyl (C=O) groups is 1. The van der Waals surface area contributed by atoms with Gasteiger partial charge in [-0.1, -0.05) is 18.6 Å². The van der Waals surface area contributed by atoms with E-state index in [1.807, 2.05) is 12.1 Å². The average molecular weight is 442 g/mol. The minimum absolute atomic E-state index is 0.141. The summed E-state index contributed by atoms with van der Waals surface area (Å²) in [4.78, 5) is 17.5. The van der Waals surface area contributed by atoms with E-state index in [2.05, 4.69) is 10.3 Å². The standard InChI is InChI=1S/C22H23N3O3S2/c26-22(20-12-16-10-11-23-14-21(16)29-20)24-13-15-4-8-19(9-5-15)30(27,28)25-17-2-1-3-18(25)7-6-17/h4-5,8-12,14,17-18H,1-3,6-7,13H2,(H,24,26). The molecule has 2 bridgehead atoms.